The van der Waals surface area contributed by atoms with Crippen LogP contribution >= 0.6 is 0 Å². The molecule has 0 bridgehead atoms. The normalized spacial score (nSPS) is 15.0. The van der Waals surface area contributed by atoms with Crippen LogP contribution in [0, 0.1) is 0 Å². The highest BCUT2D eigenvalue weighted by molar-refractivity contribution is 6.10. The first kappa shape index (κ1) is 23.1. The predicted octanol–water partition coefficient (Wildman–Crippen LogP) is 2.63. The van der Waals surface area contributed by atoms with Crippen LogP contribution in [-0.2, 0) is 4.79 Å². The van der Waals surface area contributed by atoms with Crippen LogP contribution in [0.5, 0.6) is 0 Å². The summed E-state index contributed by atoms with van der Waals surface area (Å²) in [6.07, 6.45) is 11.1. The molecule has 0 spiro atoms. The van der Waals surface area contributed by atoms with Crippen LogP contribution in [0.3, 0.4) is 0 Å². The molecular weight excluding hydrogens is 432 g/mol. The van der Waals surface area contributed by atoms with E-state index in [9.17, 15) is 9.59 Å². The summed E-state index contributed by atoms with van der Waals surface area (Å²) in [6, 6.07) is 5.29. The lowest BCUT2D eigenvalue weighted by Crippen LogP contribution is -2.36. The zero-order valence-corrected chi connectivity index (χ0v) is 19.0. The van der Waals surface area contributed by atoms with Gasteiger partial charge in [0.05, 0.1) is 41.6 Å². The Bertz CT molecular complexity index is 1240. The molecule has 176 valence electrons. The van der Waals surface area contributed by atoms with Crippen molar-refractivity contribution in [3.05, 3.63) is 54.2 Å². The van der Waals surface area contributed by atoms with Gasteiger partial charge in [-0.05, 0) is 44.1 Å². The van der Waals surface area contributed by atoms with Crippen LogP contribution in [0.25, 0.3) is 16.6 Å². The van der Waals surface area contributed by atoms with Gasteiger partial charge >= 0.3 is 0 Å². The number of pyridine rings is 2. The minimum atomic E-state index is -0.333. The minimum Gasteiger partial charge on any atom is -0.404 e. The van der Waals surface area contributed by atoms with Crippen molar-refractivity contribution in [1.82, 2.24) is 19.9 Å². The quantitative estimate of drug-likeness (QED) is 0.399. The number of piperidine rings is 1. The smallest absolute Gasteiger partial charge is 0.257 e. The molecule has 10 heteroatoms. The molecule has 5 N–H and O–H groups in total. The van der Waals surface area contributed by atoms with Crippen molar-refractivity contribution in [1.29, 1.82) is 0 Å². The van der Waals surface area contributed by atoms with Crippen molar-refractivity contribution in [3.8, 4) is 0 Å². The van der Waals surface area contributed by atoms with E-state index in [0.717, 1.165) is 42.6 Å². The highest BCUT2D eigenvalue weighted by atomic mass is 16.2. The minimum absolute atomic E-state index is 0.0934. The fourth-order valence-electron chi connectivity index (χ4n) is 3.94. The monoisotopic (exact) mass is 460 g/mol. The van der Waals surface area contributed by atoms with E-state index in [1.54, 1.807) is 31.6 Å². The maximum atomic E-state index is 12.8. The number of likely N-dealkylation sites (tertiary alicyclic amines) is 1. The predicted molar refractivity (Wildman–Crippen MR) is 134 cm³/mol. The summed E-state index contributed by atoms with van der Waals surface area (Å²) in [5.41, 5.74) is 9.18. The van der Waals surface area contributed by atoms with E-state index in [0.29, 0.717) is 29.1 Å². The molecule has 0 unspecified atom stereocenters. The Morgan fingerprint density at radius 1 is 1.12 bits per heavy atom. The molecule has 4 heterocycles. The van der Waals surface area contributed by atoms with Crippen LogP contribution in [-0.4, -0.2) is 64.6 Å². The van der Waals surface area contributed by atoms with Gasteiger partial charge in [-0.3, -0.25) is 24.5 Å². The van der Waals surface area contributed by atoms with E-state index >= 15 is 0 Å². The van der Waals surface area contributed by atoms with E-state index < -0.39 is 0 Å². The molecule has 3 aromatic rings. The van der Waals surface area contributed by atoms with Gasteiger partial charge in [0.25, 0.3) is 5.91 Å². The highest BCUT2D eigenvalue weighted by Gasteiger charge is 2.15. The zero-order chi connectivity index (χ0) is 23.9. The number of H-pyrrole nitrogens is 1. The van der Waals surface area contributed by atoms with Gasteiger partial charge in [-0.1, -0.05) is 6.42 Å². The molecule has 0 atom stereocenters. The third kappa shape index (κ3) is 5.65. The second-order valence-corrected chi connectivity index (χ2v) is 8.16. The van der Waals surface area contributed by atoms with Crippen molar-refractivity contribution >= 4 is 46.0 Å². The molecule has 0 saturated carbocycles. The third-order valence-corrected chi connectivity index (χ3v) is 5.59. The standard InChI is InChI=1S/C24H28N8O2/c1-26-11-18(10-25)21-8-16-7-17(12-28-23(16)31-21)24(34)30-20-9-19(13-27-14-20)29-22(33)15-32-5-3-2-4-6-32/h7-14H,2-6,15,25H2,1H3,(H,28,31)(H,29,33)(H,30,34)/b18-10+,26-11?. The lowest BCUT2D eigenvalue weighted by Gasteiger charge is -2.25. The Balaban J connectivity index is 1.42. The molecule has 1 aliphatic rings. The number of nitrogens with two attached hydrogens (primary N) is 1. The number of hydrogen-bond donors (Lipinski definition) is 4. The average Bonchev–Trinajstić information content (AvgIpc) is 3.26. The van der Waals surface area contributed by atoms with Crippen LogP contribution in [0.1, 0.15) is 35.3 Å². The zero-order valence-electron chi connectivity index (χ0n) is 19.0. The first-order valence-electron chi connectivity index (χ1n) is 11.2. The number of rotatable bonds is 7. The average molecular weight is 461 g/mol. The fourth-order valence-corrected chi connectivity index (χ4v) is 3.94. The van der Waals surface area contributed by atoms with Crippen LogP contribution in [0.15, 0.2) is 48.0 Å². The number of allylic oxidation sites excluding steroid dienone is 1. The van der Waals surface area contributed by atoms with Gasteiger partial charge in [0.15, 0.2) is 0 Å². The highest BCUT2D eigenvalue weighted by Crippen LogP contribution is 2.20. The second kappa shape index (κ2) is 10.7. The molecule has 10 nitrogen and oxygen atoms in total. The van der Waals surface area contributed by atoms with Crippen molar-refractivity contribution in [2.75, 3.05) is 37.3 Å². The number of aliphatic imine (C=N–C) groups is 1. The molecule has 3 aromatic heterocycles. The number of carbonyl (C=O) groups excluding carboxylic acids is 2. The lowest BCUT2D eigenvalue weighted by atomic mass is 10.1. The Morgan fingerprint density at radius 2 is 1.88 bits per heavy atom. The molecule has 4 rings (SSSR count). The van der Waals surface area contributed by atoms with E-state index in [-0.39, 0.29) is 11.8 Å². The Morgan fingerprint density at radius 3 is 2.62 bits per heavy atom. The van der Waals surface area contributed by atoms with Gasteiger partial charge in [-0.15, -0.1) is 0 Å². The number of hydrogen-bond acceptors (Lipinski definition) is 7. The molecule has 2 amide bonds. The third-order valence-electron chi connectivity index (χ3n) is 5.59. The summed E-state index contributed by atoms with van der Waals surface area (Å²) in [5.74, 6) is -0.426. The van der Waals surface area contributed by atoms with Crippen molar-refractivity contribution < 1.29 is 9.59 Å². The number of amides is 2. The number of fused-ring (bicyclic) bond motifs is 1. The summed E-state index contributed by atoms with van der Waals surface area (Å²) in [5, 5.41) is 6.44. The Hall–Kier alpha value is -4.05. The summed E-state index contributed by atoms with van der Waals surface area (Å²) >= 11 is 0. The van der Waals surface area contributed by atoms with Crippen molar-refractivity contribution in [2.45, 2.75) is 19.3 Å². The van der Waals surface area contributed by atoms with Crippen molar-refractivity contribution in [3.63, 3.8) is 0 Å². The van der Waals surface area contributed by atoms with Gasteiger partial charge in [0, 0.05) is 36.6 Å². The second-order valence-electron chi connectivity index (χ2n) is 8.16. The lowest BCUT2D eigenvalue weighted by molar-refractivity contribution is -0.117. The number of carbonyl (C=O) groups is 2. The van der Waals surface area contributed by atoms with Gasteiger partial charge in [0.1, 0.15) is 5.65 Å². The molecule has 1 fully saturated rings. The molecular formula is C24H28N8O2. The summed E-state index contributed by atoms with van der Waals surface area (Å²) in [6.45, 7) is 2.24. The van der Waals surface area contributed by atoms with E-state index in [1.807, 2.05) is 6.07 Å². The van der Waals surface area contributed by atoms with Gasteiger partial charge in [-0.25, -0.2) is 4.98 Å². The molecule has 0 aliphatic carbocycles. The summed E-state index contributed by atoms with van der Waals surface area (Å²) in [4.78, 5) is 43.0. The molecule has 34 heavy (non-hydrogen) atoms. The first-order chi connectivity index (χ1) is 16.6. The maximum absolute atomic E-state index is 12.8. The summed E-state index contributed by atoms with van der Waals surface area (Å²) < 4.78 is 0. The topological polar surface area (TPSA) is 141 Å². The van der Waals surface area contributed by atoms with E-state index in [1.165, 1.54) is 25.0 Å². The number of nitrogens with one attached hydrogen (secondary N) is 3. The number of nitrogens with zero attached hydrogens (tertiary/aromatic N) is 4. The van der Waals surface area contributed by atoms with Gasteiger partial charge in [0.2, 0.25) is 5.91 Å². The fraction of sp³-hybridized carbons (Fsp3) is 0.292. The van der Waals surface area contributed by atoms with Gasteiger partial charge < -0.3 is 21.4 Å². The summed E-state index contributed by atoms with van der Waals surface area (Å²) in [7, 11) is 1.66. The van der Waals surface area contributed by atoms with E-state index in [4.69, 9.17) is 5.73 Å². The largest absolute Gasteiger partial charge is 0.404 e. The number of anilines is 2. The van der Waals surface area contributed by atoms with Crippen LogP contribution < -0.4 is 16.4 Å². The first-order valence-corrected chi connectivity index (χ1v) is 11.2. The molecule has 1 aliphatic heterocycles. The molecule has 1 saturated heterocycles. The van der Waals surface area contributed by atoms with E-state index in [2.05, 4.69) is 35.5 Å². The van der Waals surface area contributed by atoms with Crippen LogP contribution in [0.2, 0.25) is 0 Å². The molecule has 0 aromatic carbocycles. The number of aromatic amines is 1. The SMILES string of the molecule is CN=C/C(=C\N)c1cc2cc(C(=O)Nc3cncc(NC(=O)CN4CCCCC4)c3)cnc2[nH]1. The Labute approximate surface area is 197 Å². The maximum Gasteiger partial charge on any atom is 0.257 e. The van der Waals surface area contributed by atoms with Crippen LogP contribution in [0.4, 0.5) is 11.4 Å². The Kier molecular flexibility index (Phi) is 7.28. The number of aromatic nitrogens is 3. The van der Waals surface area contributed by atoms with Gasteiger partial charge in [-0.2, -0.15) is 0 Å². The van der Waals surface area contributed by atoms with Crippen molar-refractivity contribution in [2.24, 2.45) is 10.7 Å². The molecule has 0 radical (unpaired) electrons.